The van der Waals surface area contributed by atoms with E-state index in [4.69, 9.17) is 4.98 Å². The van der Waals surface area contributed by atoms with Crippen molar-refractivity contribution >= 4 is 15.8 Å². The summed E-state index contributed by atoms with van der Waals surface area (Å²) in [5, 5.41) is 13.7. The van der Waals surface area contributed by atoms with Crippen molar-refractivity contribution in [2.24, 2.45) is 5.92 Å². The average Bonchev–Trinajstić information content (AvgIpc) is 3.21. The molecular formula is C20H36N6OV. The molecule has 0 bridgehead atoms. The third-order valence-electron chi connectivity index (χ3n) is 3.82. The van der Waals surface area contributed by atoms with Gasteiger partial charge in [-0.15, -0.1) is 5.10 Å². The second-order valence-electron chi connectivity index (χ2n) is 6.37. The molecule has 0 atom stereocenters. The standard InChI is InChI=1S/C18H26N6O.C2H6.V.2H2/c1-4-5-16-17(7-6-15(21-16)12-14(2)3)22-18(25)13-19-8-10-24-11-9-20-23-24;1-2;;;/h6-7,9,11,14,19H,4-5,8,10,13H2,1-3H3,(H,22,25);1-2H3;;2*1H. The summed E-state index contributed by atoms with van der Waals surface area (Å²) in [6, 6.07) is 3.93. The van der Waals surface area contributed by atoms with E-state index in [-0.39, 0.29) is 15.3 Å². The maximum atomic E-state index is 12.2. The molecule has 0 aliphatic carbocycles. The number of carbonyl (C=O) groups excluding carboxylic acids is 1. The molecule has 0 radical (unpaired) electrons. The van der Waals surface area contributed by atoms with Crippen LogP contribution in [0.5, 0.6) is 0 Å². The van der Waals surface area contributed by atoms with Gasteiger partial charge in [0, 0.05) is 9.05 Å². The number of nitrogens with one attached hydrogen (secondary N) is 2. The zero-order chi connectivity index (χ0) is 20.9. The number of rotatable bonds is 10. The van der Waals surface area contributed by atoms with Crippen molar-refractivity contribution in [2.45, 2.75) is 54.0 Å². The summed E-state index contributed by atoms with van der Waals surface area (Å²) < 4.78 is 2.92. The van der Waals surface area contributed by atoms with E-state index in [1.165, 1.54) is 4.23 Å². The van der Waals surface area contributed by atoms with Gasteiger partial charge in [-0.3, -0.25) is 0 Å². The molecule has 0 aromatic carbocycles. The van der Waals surface area contributed by atoms with Crippen molar-refractivity contribution in [1.29, 1.82) is 0 Å². The number of pyridine rings is 1. The number of hydrogen-bond donors (Lipinski definition) is 2. The van der Waals surface area contributed by atoms with Crippen LogP contribution in [-0.2, 0) is 34.7 Å². The van der Waals surface area contributed by atoms with Crippen molar-refractivity contribution < 1.29 is 24.6 Å². The first-order chi connectivity index (χ1) is 13.5. The van der Waals surface area contributed by atoms with Gasteiger partial charge < -0.3 is 0 Å². The van der Waals surface area contributed by atoms with Gasteiger partial charge in [-0.05, 0) is 0 Å². The molecule has 1 amide bonds. The van der Waals surface area contributed by atoms with Gasteiger partial charge in [-0.25, -0.2) is 0 Å². The van der Waals surface area contributed by atoms with Crippen molar-refractivity contribution in [2.75, 3.05) is 18.4 Å². The molecule has 2 aromatic rings. The predicted molar refractivity (Wildman–Crippen MR) is 114 cm³/mol. The van der Waals surface area contributed by atoms with Crippen LogP contribution in [0.2, 0.25) is 0 Å². The zero-order valence-corrected chi connectivity index (χ0v) is 19.0. The molecule has 157 valence electrons. The third-order valence-corrected chi connectivity index (χ3v) is 4.98. The molecule has 2 aromatic heterocycles. The Bertz CT molecular complexity index is 741. The Morgan fingerprint density at radius 3 is 2.68 bits per heavy atom. The molecular weight excluding hydrogens is 391 g/mol. The second kappa shape index (κ2) is 13.4. The van der Waals surface area contributed by atoms with Gasteiger partial charge in [0.25, 0.3) is 0 Å². The molecule has 7 nitrogen and oxygen atoms in total. The minimum atomic E-state index is -0.0733. The van der Waals surface area contributed by atoms with Crippen LogP contribution >= 0.6 is 0 Å². The Morgan fingerprint density at radius 2 is 2.07 bits per heavy atom. The summed E-state index contributed by atoms with van der Waals surface area (Å²) in [7, 11) is 0. The third kappa shape index (κ3) is 8.04. The molecule has 0 unspecified atom stereocenters. The van der Waals surface area contributed by atoms with Gasteiger partial charge in [-0.1, -0.05) is 19.1 Å². The molecule has 2 heterocycles. The van der Waals surface area contributed by atoms with Gasteiger partial charge >= 0.3 is 141 Å². The summed E-state index contributed by atoms with van der Waals surface area (Å²) >= 11 is 2.61. The van der Waals surface area contributed by atoms with Crippen LogP contribution in [0.25, 0.3) is 0 Å². The fourth-order valence-corrected chi connectivity index (χ4v) is 2.62. The molecule has 0 fully saturated rings. The van der Waals surface area contributed by atoms with E-state index in [0.29, 0.717) is 19.0 Å². The van der Waals surface area contributed by atoms with Gasteiger partial charge in [0.2, 0.25) is 0 Å². The first-order valence-corrected chi connectivity index (χ1v) is 10.6. The Morgan fingerprint density at radius 1 is 1.32 bits per heavy atom. The van der Waals surface area contributed by atoms with Gasteiger partial charge in [0.05, 0.1) is 6.20 Å². The Labute approximate surface area is 180 Å². The normalized spacial score (nSPS) is 10.3. The van der Waals surface area contributed by atoms with Crippen LogP contribution in [0.15, 0.2) is 24.5 Å². The SMILES string of the molecule is CC.CCCc1nc([C](=[V])C(C)C)ccc1NC(=O)CNCCn1ccnn1.[HH].[HH]. The van der Waals surface area contributed by atoms with Crippen LogP contribution in [0, 0.1) is 5.92 Å². The van der Waals surface area contributed by atoms with Crippen molar-refractivity contribution in [3.05, 3.63) is 35.9 Å². The first-order valence-electron chi connectivity index (χ1n) is 9.92. The number of hydrogen-bond acceptors (Lipinski definition) is 5. The van der Waals surface area contributed by atoms with Crippen LogP contribution < -0.4 is 10.6 Å². The van der Waals surface area contributed by atoms with Crippen LogP contribution in [0.4, 0.5) is 5.69 Å². The molecule has 28 heavy (non-hydrogen) atoms. The summed E-state index contributed by atoms with van der Waals surface area (Å²) in [6.07, 6.45) is 5.24. The Hall–Kier alpha value is -1.83. The molecule has 2 rings (SSSR count). The molecule has 0 spiro atoms. The fraction of sp³-hybridized carbons (Fsp3) is 0.550. The Balaban J connectivity index is 0. The number of aromatic nitrogens is 4. The van der Waals surface area contributed by atoms with Crippen molar-refractivity contribution in [3.63, 3.8) is 0 Å². The van der Waals surface area contributed by atoms with Crippen LogP contribution in [0.1, 0.15) is 55.3 Å². The van der Waals surface area contributed by atoms with Gasteiger partial charge in [0.15, 0.2) is 0 Å². The number of nitrogens with zero attached hydrogens (tertiary/aromatic N) is 4. The summed E-state index contributed by atoms with van der Waals surface area (Å²) in [5.41, 5.74) is 2.71. The predicted octanol–water partition coefficient (Wildman–Crippen LogP) is 3.10. The van der Waals surface area contributed by atoms with E-state index in [9.17, 15) is 4.79 Å². The molecule has 0 aliphatic rings. The van der Waals surface area contributed by atoms with Crippen LogP contribution in [-0.4, -0.2) is 43.2 Å². The number of amides is 1. The van der Waals surface area contributed by atoms with Gasteiger partial charge in [0.1, 0.15) is 0 Å². The smallest absolute Gasteiger partial charge is 0.139 e. The molecule has 0 aliphatic heterocycles. The van der Waals surface area contributed by atoms with Gasteiger partial charge in [-0.2, -0.15) is 0 Å². The number of anilines is 1. The minimum Gasteiger partial charge on any atom is -0.139 e. The fourth-order valence-electron chi connectivity index (χ4n) is 2.42. The topological polar surface area (TPSA) is 84.7 Å². The Kier molecular flexibility index (Phi) is 11.6. The van der Waals surface area contributed by atoms with Crippen LogP contribution in [0.3, 0.4) is 0 Å². The monoisotopic (exact) mass is 427 g/mol. The number of aryl methyl sites for hydroxylation is 1. The molecule has 2 N–H and O–H groups in total. The summed E-state index contributed by atoms with van der Waals surface area (Å²) in [4.78, 5) is 17.0. The number of carbonyl (C=O) groups is 1. The van der Waals surface area contributed by atoms with E-state index in [1.54, 1.807) is 17.1 Å². The van der Waals surface area contributed by atoms with Crippen molar-refractivity contribution in [1.82, 2.24) is 25.3 Å². The minimum absolute atomic E-state index is 0. The molecule has 0 saturated heterocycles. The maximum absolute atomic E-state index is 12.2. The van der Waals surface area contributed by atoms with E-state index in [2.05, 4.69) is 58.7 Å². The first kappa shape index (κ1) is 24.2. The quantitative estimate of drug-likeness (QED) is 0.569. The average molecular weight is 427 g/mol. The molecule has 8 heteroatoms. The molecule has 0 saturated carbocycles. The second-order valence-corrected chi connectivity index (χ2v) is 7.12. The summed E-state index contributed by atoms with van der Waals surface area (Å²) in [6.45, 7) is 12.0. The summed E-state index contributed by atoms with van der Waals surface area (Å²) in [5.74, 6) is 0.349. The van der Waals surface area contributed by atoms with E-state index in [1.807, 2.05) is 26.0 Å². The van der Waals surface area contributed by atoms with E-state index >= 15 is 0 Å². The zero-order valence-electron chi connectivity index (χ0n) is 17.6. The van der Waals surface area contributed by atoms with E-state index < -0.39 is 0 Å². The van der Waals surface area contributed by atoms with E-state index in [0.717, 1.165) is 29.9 Å². The van der Waals surface area contributed by atoms with Crippen molar-refractivity contribution in [3.8, 4) is 0 Å².